The first-order chi connectivity index (χ1) is 9.49. The van der Waals surface area contributed by atoms with E-state index in [1.165, 1.54) is 25.3 Å². The van der Waals surface area contributed by atoms with Crippen molar-refractivity contribution in [3.63, 3.8) is 0 Å². The van der Waals surface area contributed by atoms with Gasteiger partial charge in [0.2, 0.25) is 0 Å². The van der Waals surface area contributed by atoms with Crippen LogP contribution in [0.2, 0.25) is 0 Å². The monoisotopic (exact) mass is 277 g/mol. The minimum absolute atomic E-state index is 0.0781. The predicted molar refractivity (Wildman–Crippen MR) is 79.2 cm³/mol. The van der Waals surface area contributed by atoms with Gasteiger partial charge >= 0.3 is 0 Å². The number of carbonyl (C=O) groups excluding carboxylic acids is 1. The summed E-state index contributed by atoms with van der Waals surface area (Å²) in [5.41, 5.74) is 1.07. The van der Waals surface area contributed by atoms with E-state index < -0.39 is 0 Å². The van der Waals surface area contributed by atoms with Crippen LogP contribution in [0.5, 0.6) is 0 Å². The van der Waals surface area contributed by atoms with E-state index in [1.54, 1.807) is 19.1 Å². The Morgan fingerprint density at radius 1 is 1.30 bits per heavy atom. The third-order valence-electron chi connectivity index (χ3n) is 4.41. The van der Waals surface area contributed by atoms with Crippen LogP contribution in [-0.4, -0.2) is 11.9 Å². The number of benzene rings is 1. The SMILES string of the molecule is Cc1cc(C(=O)NC2CCCCC2C(C)C)ccc1F. The molecular formula is C17H24FNO. The van der Waals surface area contributed by atoms with Gasteiger partial charge in [-0.1, -0.05) is 26.7 Å². The molecule has 1 amide bonds. The average Bonchev–Trinajstić information content (AvgIpc) is 2.42. The first-order valence-corrected chi connectivity index (χ1v) is 7.56. The van der Waals surface area contributed by atoms with Crippen molar-refractivity contribution in [1.29, 1.82) is 0 Å². The van der Waals surface area contributed by atoms with Crippen LogP contribution in [-0.2, 0) is 0 Å². The summed E-state index contributed by atoms with van der Waals surface area (Å²) in [5.74, 6) is 0.787. The molecule has 0 aliphatic heterocycles. The highest BCUT2D eigenvalue weighted by Gasteiger charge is 2.28. The quantitative estimate of drug-likeness (QED) is 0.886. The molecule has 0 radical (unpaired) electrons. The second-order valence-corrected chi connectivity index (χ2v) is 6.24. The molecule has 1 N–H and O–H groups in total. The molecular weight excluding hydrogens is 253 g/mol. The molecule has 0 heterocycles. The summed E-state index contributed by atoms with van der Waals surface area (Å²) >= 11 is 0. The summed E-state index contributed by atoms with van der Waals surface area (Å²) in [4.78, 5) is 12.3. The van der Waals surface area contributed by atoms with Crippen molar-refractivity contribution in [2.45, 2.75) is 52.5 Å². The Bertz CT molecular complexity index is 484. The molecule has 1 aromatic carbocycles. The lowest BCUT2D eigenvalue weighted by Crippen LogP contribution is -2.43. The van der Waals surface area contributed by atoms with Gasteiger partial charge in [-0.15, -0.1) is 0 Å². The molecule has 20 heavy (non-hydrogen) atoms. The molecule has 110 valence electrons. The summed E-state index contributed by atoms with van der Waals surface area (Å²) in [6, 6.07) is 4.80. The third kappa shape index (κ3) is 3.38. The van der Waals surface area contributed by atoms with Crippen LogP contribution < -0.4 is 5.32 Å². The number of hydrogen-bond donors (Lipinski definition) is 1. The van der Waals surface area contributed by atoms with Gasteiger partial charge in [0.1, 0.15) is 5.82 Å². The van der Waals surface area contributed by atoms with Crippen molar-refractivity contribution in [1.82, 2.24) is 5.32 Å². The molecule has 2 nitrogen and oxygen atoms in total. The second-order valence-electron chi connectivity index (χ2n) is 6.24. The normalized spacial score (nSPS) is 22.9. The Morgan fingerprint density at radius 2 is 2.00 bits per heavy atom. The summed E-state index contributed by atoms with van der Waals surface area (Å²) in [7, 11) is 0. The van der Waals surface area contributed by atoms with Gasteiger partial charge in [-0.3, -0.25) is 4.79 Å². The molecule has 1 aromatic rings. The molecule has 0 spiro atoms. The van der Waals surface area contributed by atoms with E-state index in [2.05, 4.69) is 19.2 Å². The lowest BCUT2D eigenvalue weighted by molar-refractivity contribution is 0.0889. The maximum Gasteiger partial charge on any atom is 0.251 e. The minimum atomic E-state index is -0.265. The largest absolute Gasteiger partial charge is 0.349 e. The van der Waals surface area contributed by atoms with Crippen LogP contribution in [0, 0.1) is 24.6 Å². The van der Waals surface area contributed by atoms with Crippen LogP contribution in [0.25, 0.3) is 0 Å². The van der Waals surface area contributed by atoms with Crippen LogP contribution in [0.4, 0.5) is 4.39 Å². The van der Waals surface area contributed by atoms with Crippen molar-refractivity contribution in [3.8, 4) is 0 Å². The van der Waals surface area contributed by atoms with Gasteiger partial charge in [0.05, 0.1) is 0 Å². The molecule has 2 unspecified atom stereocenters. The van der Waals surface area contributed by atoms with Crippen molar-refractivity contribution < 1.29 is 9.18 Å². The van der Waals surface area contributed by atoms with Crippen LogP contribution in [0.15, 0.2) is 18.2 Å². The van der Waals surface area contributed by atoms with E-state index in [0.29, 0.717) is 23.0 Å². The molecule has 0 aromatic heterocycles. The molecule has 2 atom stereocenters. The Labute approximate surface area is 120 Å². The number of hydrogen-bond acceptors (Lipinski definition) is 1. The fraction of sp³-hybridized carbons (Fsp3) is 0.588. The highest BCUT2D eigenvalue weighted by atomic mass is 19.1. The van der Waals surface area contributed by atoms with E-state index in [-0.39, 0.29) is 17.8 Å². The third-order valence-corrected chi connectivity index (χ3v) is 4.41. The fourth-order valence-electron chi connectivity index (χ4n) is 3.17. The van der Waals surface area contributed by atoms with Crippen LogP contribution >= 0.6 is 0 Å². The molecule has 0 saturated heterocycles. The van der Waals surface area contributed by atoms with E-state index >= 15 is 0 Å². The highest BCUT2D eigenvalue weighted by Crippen LogP contribution is 2.30. The molecule has 1 fully saturated rings. The maximum absolute atomic E-state index is 13.3. The van der Waals surface area contributed by atoms with Crippen LogP contribution in [0.1, 0.15) is 55.5 Å². The van der Waals surface area contributed by atoms with Crippen LogP contribution in [0.3, 0.4) is 0 Å². The standard InChI is InChI=1S/C17H24FNO/c1-11(2)14-6-4-5-7-16(14)19-17(20)13-8-9-15(18)12(3)10-13/h8-11,14,16H,4-7H2,1-3H3,(H,19,20). The number of nitrogens with one attached hydrogen (secondary N) is 1. The first-order valence-electron chi connectivity index (χ1n) is 7.56. The van der Waals surface area contributed by atoms with Gasteiger partial charge in [0, 0.05) is 11.6 Å². The Balaban J connectivity index is 2.07. The number of carbonyl (C=O) groups is 1. The number of rotatable bonds is 3. The Hall–Kier alpha value is -1.38. The summed E-state index contributed by atoms with van der Waals surface area (Å²) in [6.07, 6.45) is 4.67. The van der Waals surface area contributed by atoms with Gasteiger partial charge in [-0.25, -0.2) is 4.39 Å². The Morgan fingerprint density at radius 3 is 2.65 bits per heavy atom. The average molecular weight is 277 g/mol. The first kappa shape index (κ1) is 15.0. The summed E-state index contributed by atoms with van der Waals surface area (Å²) in [5, 5.41) is 3.15. The Kier molecular flexibility index (Phi) is 4.79. The van der Waals surface area contributed by atoms with E-state index in [1.807, 2.05) is 0 Å². The van der Waals surface area contributed by atoms with E-state index in [9.17, 15) is 9.18 Å². The van der Waals surface area contributed by atoms with Crippen molar-refractivity contribution >= 4 is 5.91 Å². The van der Waals surface area contributed by atoms with Gasteiger partial charge in [-0.05, 0) is 55.4 Å². The fourth-order valence-corrected chi connectivity index (χ4v) is 3.17. The molecule has 3 heteroatoms. The highest BCUT2D eigenvalue weighted by molar-refractivity contribution is 5.94. The predicted octanol–water partition coefficient (Wildman–Crippen LogP) is 4.08. The van der Waals surface area contributed by atoms with Gasteiger partial charge < -0.3 is 5.32 Å². The van der Waals surface area contributed by atoms with Crippen molar-refractivity contribution in [2.75, 3.05) is 0 Å². The van der Waals surface area contributed by atoms with E-state index in [4.69, 9.17) is 0 Å². The van der Waals surface area contributed by atoms with Crippen molar-refractivity contribution in [2.24, 2.45) is 11.8 Å². The molecule has 0 bridgehead atoms. The number of amides is 1. The maximum atomic E-state index is 13.3. The summed E-state index contributed by atoms with van der Waals surface area (Å²) in [6.45, 7) is 6.12. The zero-order valence-electron chi connectivity index (χ0n) is 12.6. The molecule has 1 saturated carbocycles. The van der Waals surface area contributed by atoms with Crippen molar-refractivity contribution in [3.05, 3.63) is 35.1 Å². The molecule has 2 rings (SSSR count). The minimum Gasteiger partial charge on any atom is -0.349 e. The van der Waals surface area contributed by atoms with Gasteiger partial charge in [0.25, 0.3) is 5.91 Å². The van der Waals surface area contributed by atoms with E-state index in [0.717, 1.165) is 6.42 Å². The molecule has 1 aliphatic carbocycles. The zero-order chi connectivity index (χ0) is 14.7. The number of aryl methyl sites for hydroxylation is 1. The lowest BCUT2D eigenvalue weighted by atomic mass is 9.78. The topological polar surface area (TPSA) is 29.1 Å². The summed E-state index contributed by atoms with van der Waals surface area (Å²) < 4.78 is 13.3. The van der Waals surface area contributed by atoms with Gasteiger partial charge in [-0.2, -0.15) is 0 Å². The zero-order valence-corrected chi connectivity index (χ0v) is 12.6. The smallest absolute Gasteiger partial charge is 0.251 e. The lowest BCUT2D eigenvalue weighted by Gasteiger charge is -2.34. The number of halogens is 1. The molecule has 1 aliphatic rings. The second kappa shape index (κ2) is 6.38. The van der Waals surface area contributed by atoms with Gasteiger partial charge in [0.15, 0.2) is 0 Å².